The molecule has 0 bridgehead atoms. The number of rotatable bonds is 4. The Kier molecular flexibility index (Phi) is 5.49. The maximum Gasteiger partial charge on any atom is 0.399 e. The van der Waals surface area contributed by atoms with E-state index >= 15 is 0 Å². The van der Waals surface area contributed by atoms with Crippen molar-refractivity contribution in [3.8, 4) is 0 Å². The standard InChI is InChI=1S/C33H28F3N5O2/c34-33(35,36)32(10-11-32)26-17-38-28-25(14-23(18-41(26)28)19-5-2-1-3-6-19)39-29(42)20-8-9-21-15-31(16-22(21)13-20)24-7-4-12-37-27(24)40-30(31)43/h1-9,12-13,17,23,25H,10-11,14-16,18H2,(H,39,42)(H,37,40,43)/t23-,25+,31-/m1/s1. The van der Waals surface area contributed by atoms with Gasteiger partial charge in [0.25, 0.3) is 5.91 Å². The molecular formula is C33H28F3N5O2. The third-order valence-corrected chi connectivity index (χ3v) is 9.92. The number of alkyl halides is 3. The van der Waals surface area contributed by atoms with Gasteiger partial charge >= 0.3 is 6.18 Å². The van der Waals surface area contributed by atoms with E-state index in [-0.39, 0.29) is 36.3 Å². The number of imidazole rings is 1. The number of halogens is 3. The largest absolute Gasteiger partial charge is 0.399 e. The summed E-state index contributed by atoms with van der Waals surface area (Å²) in [5.74, 6) is 0.529. The SMILES string of the molecule is O=C(N[C@H]1C[C@@H](c2ccccc2)Cn2c(C3(C(F)(F)F)CC3)cnc21)c1ccc2c(c1)C[C@@]1(C2)C(=O)Nc2ncccc21. The molecule has 2 aliphatic carbocycles. The van der Waals surface area contributed by atoms with Crippen LogP contribution in [0, 0.1) is 0 Å². The first kappa shape index (κ1) is 26.2. The highest BCUT2D eigenvalue weighted by atomic mass is 19.4. The molecule has 1 saturated carbocycles. The Morgan fingerprint density at radius 2 is 1.79 bits per heavy atom. The van der Waals surface area contributed by atoms with Crippen molar-refractivity contribution in [1.82, 2.24) is 19.9 Å². The van der Waals surface area contributed by atoms with Crippen molar-refractivity contribution in [3.05, 3.63) is 112 Å². The van der Waals surface area contributed by atoms with Crippen LogP contribution in [0.15, 0.2) is 73.1 Å². The minimum absolute atomic E-state index is 0.0455. The molecule has 3 atom stereocenters. The fourth-order valence-corrected chi connectivity index (χ4v) is 7.48. The van der Waals surface area contributed by atoms with Gasteiger partial charge in [0, 0.05) is 36.0 Å². The summed E-state index contributed by atoms with van der Waals surface area (Å²) in [6.45, 7) is 0.373. The predicted molar refractivity (Wildman–Crippen MR) is 152 cm³/mol. The van der Waals surface area contributed by atoms with Gasteiger partial charge < -0.3 is 15.2 Å². The Morgan fingerprint density at radius 1 is 1.00 bits per heavy atom. The summed E-state index contributed by atoms with van der Waals surface area (Å²) in [6, 6.07) is 18.4. The highest BCUT2D eigenvalue weighted by molar-refractivity contribution is 6.06. The summed E-state index contributed by atoms with van der Waals surface area (Å²) >= 11 is 0. The van der Waals surface area contributed by atoms with Gasteiger partial charge in [0.2, 0.25) is 5.91 Å². The molecule has 1 fully saturated rings. The van der Waals surface area contributed by atoms with E-state index < -0.39 is 23.0 Å². The number of pyridine rings is 1. The Bertz CT molecular complexity index is 1800. The van der Waals surface area contributed by atoms with Gasteiger partial charge in [0.15, 0.2) is 0 Å². The highest BCUT2D eigenvalue weighted by Gasteiger charge is 2.66. The highest BCUT2D eigenvalue weighted by Crippen LogP contribution is 2.59. The molecule has 2 amide bonds. The van der Waals surface area contributed by atoms with Crippen molar-refractivity contribution in [2.45, 2.75) is 67.6 Å². The molecule has 7 nitrogen and oxygen atoms in total. The van der Waals surface area contributed by atoms with Crippen molar-refractivity contribution in [3.63, 3.8) is 0 Å². The Hall–Kier alpha value is -4.47. The molecule has 43 heavy (non-hydrogen) atoms. The maximum atomic E-state index is 14.2. The molecule has 4 heterocycles. The van der Waals surface area contributed by atoms with Crippen LogP contribution in [0.1, 0.15) is 75.4 Å². The number of carbonyl (C=O) groups excluding carboxylic acids is 2. The molecule has 10 heteroatoms. The van der Waals surface area contributed by atoms with E-state index in [1.165, 1.54) is 6.20 Å². The van der Waals surface area contributed by atoms with E-state index in [0.29, 0.717) is 43.0 Å². The van der Waals surface area contributed by atoms with E-state index in [2.05, 4.69) is 20.6 Å². The maximum absolute atomic E-state index is 14.2. The molecule has 2 N–H and O–H groups in total. The van der Waals surface area contributed by atoms with Gasteiger partial charge in [0.1, 0.15) is 17.1 Å². The lowest BCUT2D eigenvalue weighted by atomic mass is 9.79. The van der Waals surface area contributed by atoms with Gasteiger partial charge in [-0.3, -0.25) is 9.59 Å². The first-order valence-electron chi connectivity index (χ1n) is 14.6. The second-order valence-corrected chi connectivity index (χ2v) is 12.3. The number of fused-ring (bicyclic) bond motifs is 4. The zero-order valence-electron chi connectivity index (χ0n) is 23.1. The lowest BCUT2D eigenvalue weighted by Gasteiger charge is -2.33. The fraction of sp³-hybridized carbons (Fsp3) is 0.333. The molecule has 218 valence electrons. The summed E-state index contributed by atoms with van der Waals surface area (Å²) in [4.78, 5) is 35.6. The summed E-state index contributed by atoms with van der Waals surface area (Å²) in [5.41, 5.74) is 1.81. The first-order valence-corrected chi connectivity index (χ1v) is 14.6. The third-order valence-electron chi connectivity index (χ3n) is 9.92. The molecule has 4 aromatic rings. The molecule has 2 aromatic heterocycles. The summed E-state index contributed by atoms with van der Waals surface area (Å²) in [6.07, 6.45) is 0.237. The van der Waals surface area contributed by atoms with Crippen LogP contribution in [0.5, 0.6) is 0 Å². The van der Waals surface area contributed by atoms with Crippen molar-refractivity contribution >= 4 is 17.6 Å². The van der Waals surface area contributed by atoms with Crippen molar-refractivity contribution in [2.75, 3.05) is 5.32 Å². The average molecular weight is 584 g/mol. The van der Waals surface area contributed by atoms with Crippen LogP contribution < -0.4 is 10.6 Å². The van der Waals surface area contributed by atoms with Crippen molar-refractivity contribution in [2.24, 2.45) is 0 Å². The van der Waals surface area contributed by atoms with Gasteiger partial charge in [-0.15, -0.1) is 0 Å². The van der Waals surface area contributed by atoms with E-state index in [9.17, 15) is 22.8 Å². The summed E-state index contributed by atoms with van der Waals surface area (Å²) in [7, 11) is 0. The zero-order valence-corrected chi connectivity index (χ0v) is 23.1. The number of hydrogen-bond donors (Lipinski definition) is 2. The van der Waals surface area contributed by atoms with Gasteiger partial charge in [-0.2, -0.15) is 13.2 Å². The average Bonchev–Trinajstić information content (AvgIpc) is 3.45. The molecule has 0 unspecified atom stereocenters. The van der Waals surface area contributed by atoms with E-state index in [1.54, 1.807) is 16.8 Å². The molecular weight excluding hydrogens is 555 g/mol. The first-order chi connectivity index (χ1) is 20.7. The lowest BCUT2D eigenvalue weighted by Crippen LogP contribution is -2.38. The van der Waals surface area contributed by atoms with Crippen LogP contribution in [-0.4, -0.2) is 32.5 Å². The summed E-state index contributed by atoms with van der Waals surface area (Å²) in [5, 5.41) is 6.00. The van der Waals surface area contributed by atoms with Gasteiger partial charge in [0.05, 0.1) is 17.2 Å². The van der Waals surface area contributed by atoms with Crippen LogP contribution in [0.2, 0.25) is 0 Å². The second-order valence-electron chi connectivity index (χ2n) is 12.3. The Morgan fingerprint density at radius 3 is 2.56 bits per heavy atom. The van der Waals surface area contributed by atoms with Crippen LogP contribution in [0.25, 0.3) is 0 Å². The van der Waals surface area contributed by atoms with Crippen LogP contribution in [-0.2, 0) is 35.0 Å². The normalized spacial score (nSPS) is 24.7. The number of benzene rings is 2. The van der Waals surface area contributed by atoms with Gasteiger partial charge in [-0.05, 0) is 67.0 Å². The number of nitrogens with one attached hydrogen (secondary N) is 2. The van der Waals surface area contributed by atoms with Gasteiger partial charge in [-0.25, -0.2) is 9.97 Å². The summed E-state index contributed by atoms with van der Waals surface area (Å²) < 4.78 is 44.2. The fourth-order valence-electron chi connectivity index (χ4n) is 7.48. The van der Waals surface area contributed by atoms with Crippen molar-refractivity contribution in [1.29, 1.82) is 0 Å². The number of carbonyl (C=O) groups is 2. The Balaban J connectivity index is 1.10. The van der Waals surface area contributed by atoms with Crippen molar-refractivity contribution < 1.29 is 22.8 Å². The smallest absolute Gasteiger partial charge is 0.342 e. The molecule has 1 spiro atoms. The lowest BCUT2D eigenvalue weighted by molar-refractivity contribution is -0.162. The number of amides is 2. The number of nitrogens with zero attached hydrogens (tertiary/aromatic N) is 3. The van der Waals surface area contributed by atoms with Crippen LogP contribution in [0.4, 0.5) is 19.0 Å². The predicted octanol–water partition coefficient (Wildman–Crippen LogP) is 5.52. The minimum Gasteiger partial charge on any atom is -0.342 e. The number of anilines is 1. The quantitative estimate of drug-likeness (QED) is 0.331. The van der Waals surface area contributed by atoms with E-state index in [1.807, 2.05) is 54.6 Å². The Labute approximate surface area is 245 Å². The second kappa shape index (κ2) is 9.02. The third kappa shape index (κ3) is 3.88. The zero-order chi connectivity index (χ0) is 29.6. The topological polar surface area (TPSA) is 88.9 Å². The molecule has 0 saturated heterocycles. The van der Waals surface area contributed by atoms with E-state index in [4.69, 9.17) is 0 Å². The molecule has 2 aliphatic heterocycles. The van der Waals surface area contributed by atoms with Crippen LogP contribution >= 0.6 is 0 Å². The number of hydrogen-bond acceptors (Lipinski definition) is 4. The molecule has 4 aliphatic rings. The monoisotopic (exact) mass is 583 g/mol. The van der Waals surface area contributed by atoms with Crippen LogP contribution in [0.3, 0.4) is 0 Å². The van der Waals surface area contributed by atoms with E-state index in [0.717, 1.165) is 22.3 Å². The molecule has 2 aromatic carbocycles. The minimum atomic E-state index is -4.36. The number of aromatic nitrogens is 3. The molecule has 0 radical (unpaired) electrons. The van der Waals surface area contributed by atoms with Gasteiger partial charge in [-0.1, -0.05) is 42.5 Å². The molecule has 8 rings (SSSR count).